The van der Waals surface area contributed by atoms with Crippen LogP contribution in [0.15, 0.2) is 24.3 Å². The van der Waals surface area contributed by atoms with Gasteiger partial charge in [0, 0.05) is 5.75 Å². The van der Waals surface area contributed by atoms with Gasteiger partial charge in [0.25, 0.3) is 0 Å². The molecule has 1 N–H and O–H groups in total. The van der Waals surface area contributed by atoms with E-state index in [4.69, 9.17) is 11.6 Å². The van der Waals surface area contributed by atoms with Crippen molar-refractivity contribution in [3.63, 3.8) is 0 Å². The van der Waals surface area contributed by atoms with E-state index in [2.05, 4.69) is 12.6 Å². The Morgan fingerprint density at radius 1 is 1.50 bits per heavy atom. The summed E-state index contributed by atoms with van der Waals surface area (Å²) >= 11 is 9.82. The molecule has 12 heavy (non-hydrogen) atoms. The van der Waals surface area contributed by atoms with Gasteiger partial charge in [-0.2, -0.15) is 12.6 Å². The lowest BCUT2D eigenvalue weighted by atomic mass is 10.2. The molecular formula is C9H9ClOS. The van der Waals surface area contributed by atoms with Gasteiger partial charge < -0.3 is 5.11 Å². The van der Waals surface area contributed by atoms with Crippen LogP contribution in [-0.4, -0.2) is 10.9 Å². The molecule has 0 fully saturated rings. The van der Waals surface area contributed by atoms with E-state index in [0.29, 0.717) is 10.8 Å². The van der Waals surface area contributed by atoms with Crippen molar-refractivity contribution in [2.45, 2.75) is 0 Å². The molecule has 0 bridgehead atoms. The summed E-state index contributed by atoms with van der Waals surface area (Å²) in [7, 11) is 0. The van der Waals surface area contributed by atoms with Crippen LogP contribution in [0.1, 0.15) is 5.56 Å². The van der Waals surface area contributed by atoms with E-state index in [0.717, 1.165) is 5.56 Å². The highest BCUT2D eigenvalue weighted by Crippen LogP contribution is 2.27. The molecule has 64 valence electrons. The zero-order valence-electron chi connectivity index (χ0n) is 6.37. The number of phenolic OH excluding ortho intramolecular Hbond substituents is 1. The number of hydrogen-bond donors (Lipinski definition) is 2. The predicted molar refractivity (Wildman–Crippen MR) is 56.0 cm³/mol. The van der Waals surface area contributed by atoms with Gasteiger partial charge >= 0.3 is 0 Å². The molecule has 1 nitrogen and oxygen atoms in total. The van der Waals surface area contributed by atoms with Gasteiger partial charge in [-0.05, 0) is 11.6 Å². The van der Waals surface area contributed by atoms with Crippen LogP contribution in [-0.2, 0) is 0 Å². The Bertz CT molecular complexity index is 297. The van der Waals surface area contributed by atoms with Crippen LogP contribution in [0.3, 0.4) is 0 Å². The van der Waals surface area contributed by atoms with Gasteiger partial charge in [0.2, 0.25) is 0 Å². The first-order valence-electron chi connectivity index (χ1n) is 3.50. The predicted octanol–water partition coefficient (Wildman–Crippen LogP) is 2.99. The molecule has 0 atom stereocenters. The fraction of sp³-hybridized carbons (Fsp3) is 0.111. The van der Waals surface area contributed by atoms with Crippen LogP contribution in [0.25, 0.3) is 6.08 Å². The number of rotatable bonds is 2. The summed E-state index contributed by atoms with van der Waals surface area (Å²) < 4.78 is 0. The Morgan fingerprint density at radius 2 is 2.25 bits per heavy atom. The van der Waals surface area contributed by atoms with Gasteiger partial charge in [-0.25, -0.2) is 0 Å². The molecule has 1 aromatic rings. The molecule has 0 aliphatic heterocycles. The van der Waals surface area contributed by atoms with E-state index >= 15 is 0 Å². The quantitative estimate of drug-likeness (QED) is 0.704. The summed E-state index contributed by atoms with van der Waals surface area (Å²) in [5, 5.41) is 9.60. The highest BCUT2D eigenvalue weighted by atomic mass is 35.5. The van der Waals surface area contributed by atoms with Crippen molar-refractivity contribution in [2.75, 3.05) is 5.75 Å². The third-order valence-electron chi connectivity index (χ3n) is 1.41. The standard InChI is InChI=1S/C9H9ClOS/c10-9-7(4-2-6-12)3-1-5-8(9)11/h1-5,11-12H,6H2. The lowest BCUT2D eigenvalue weighted by Gasteiger charge is -1.99. The SMILES string of the molecule is Oc1cccc(C=CCS)c1Cl. The largest absolute Gasteiger partial charge is 0.506 e. The second-order valence-electron chi connectivity index (χ2n) is 2.27. The van der Waals surface area contributed by atoms with Gasteiger partial charge in [0.05, 0.1) is 5.02 Å². The molecule has 0 aliphatic rings. The third kappa shape index (κ3) is 2.19. The first kappa shape index (κ1) is 9.49. The molecule has 3 heteroatoms. The van der Waals surface area contributed by atoms with E-state index in [1.165, 1.54) is 0 Å². The molecule has 0 heterocycles. The van der Waals surface area contributed by atoms with Gasteiger partial charge in [-0.15, -0.1) is 0 Å². The maximum absolute atomic E-state index is 9.21. The minimum Gasteiger partial charge on any atom is -0.506 e. The Labute approximate surface area is 82.1 Å². The number of phenols is 1. The Kier molecular flexibility index (Phi) is 3.50. The number of halogens is 1. The van der Waals surface area contributed by atoms with Crippen molar-refractivity contribution in [3.8, 4) is 5.75 Å². The summed E-state index contributed by atoms with van der Waals surface area (Å²) in [6.45, 7) is 0. The van der Waals surface area contributed by atoms with Crippen LogP contribution < -0.4 is 0 Å². The minimum absolute atomic E-state index is 0.109. The van der Waals surface area contributed by atoms with Crippen LogP contribution in [0, 0.1) is 0 Å². The van der Waals surface area contributed by atoms with Crippen LogP contribution in [0.5, 0.6) is 5.75 Å². The molecule has 0 aliphatic carbocycles. The number of benzene rings is 1. The molecule has 0 spiro atoms. The van der Waals surface area contributed by atoms with Crippen molar-refractivity contribution < 1.29 is 5.11 Å². The van der Waals surface area contributed by atoms with E-state index in [9.17, 15) is 5.11 Å². The first-order chi connectivity index (χ1) is 5.75. The molecule has 0 saturated carbocycles. The average molecular weight is 201 g/mol. The lowest BCUT2D eigenvalue weighted by Crippen LogP contribution is -1.75. The van der Waals surface area contributed by atoms with Gasteiger partial charge in [-0.3, -0.25) is 0 Å². The number of aromatic hydroxyl groups is 1. The molecule has 0 unspecified atom stereocenters. The normalized spacial score (nSPS) is 10.8. The molecule has 0 amide bonds. The number of hydrogen-bond acceptors (Lipinski definition) is 2. The minimum atomic E-state index is 0.109. The van der Waals surface area contributed by atoms with Gasteiger partial charge in [-0.1, -0.05) is 35.9 Å². The van der Waals surface area contributed by atoms with Gasteiger partial charge in [0.15, 0.2) is 0 Å². The lowest BCUT2D eigenvalue weighted by molar-refractivity contribution is 0.475. The van der Waals surface area contributed by atoms with Crippen molar-refractivity contribution >= 4 is 30.3 Å². The summed E-state index contributed by atoms with van der Waals surface area (Å²) in [5.74, 6) is 0.768. The summed E-state index contributed by atoms with van der Waals surface area (Å²) in [6.07, 6.45) is 3.69. The number of thiol groups is 1. The highest BCUT2D eigenvalue weighted by Gasteiger charge is 2.00. The molecule has 0 saturated heterocycles. The summed E-state index contributed by atoms with van der Waals surface area (Å²) in [4.78, 5) is 0. The third-order valence-corrected chi connectivity index (χ3v) is 2.03. The monoisotopic (exact) mass is 200 g/mol. The molecular weight excluding hydrogens is 192 g/mol. The molecule has 0 radical (unpaired) electrons. The van der Waals surface area contributed by atoms with Crippen LogP contribution in [0.2, 0.25) is 5.02 Å². The molecule has 0 aromatic heterocycles. The average Bonchev–Trinajstić information content (AvgIpc) is 2.08. The van der Waals surface area contributed by atoms with Crippen molar-refractivity contribution in [2.24, 2.45) is 0 Å². The van der Waals surface area contributed by atoms with E-state index in [-0.39, 0.29) is 5.75 Å². The maximum atomic E-state index is 9.21. The fourth-order valence-corrected chi connectivity index (χ4v) is 1.14. The molecule has 1 rings (SSSR count). The Morgan fingerprint density at radius 3 is 2.92 bits per heavy atom. The van der Waals surface area contributed by atoms with E-state index in [1.54, 1.807) is 12.1 Å². The fourth-order valence-electron chi connectivity index (χ4n) is 0.846. The zero-order valence-corrected chi connectivity index (χ0v) is 8.02. The van der Waals surface area contributed by atoms with Crippen molar-refractivity contribution in [1.82, 2.24) is 0 Å². The van der Waals surface area contributed by atoms with Crippen LogP contribution in [0.4, 0.5) is 0 Å². The highest BCUT2D eigenvalue weighted by molar-refractivity contribution is 7.80. The molecule has 1 aromatic carbocycles. The summed E-state index contributed by atoms with van der Waals surface area (Å²) in [6, 6.07) is 5.14. The maximum Gasteiger partial charge on any atom is 0.134 e. The Balaban J connectivity index is 3.00. The second-order valence-corrected chi connectivity index (χ2v) is 3.01. The van der Waals surface area contributed by atoms with Crippen LogP contribution >= 0.6 is 24.2 Å². The van der Waals surface area contributed by atoms with E-state index in [1.807, 2.05) is 18.2 Å². The topological polar surface area (TPSA) is 20.2 Å². The first-order valence-corrected chi connectivity index (χ1v) is 4.51. The Hall–Kier alpha value is -0.600. The van der Waals surface area contributed by atoms with Crippen molar-refractivity contribution in [3.05, 3.63) is 34.9 Å². The summed E-state index contributed by atoms with van der Waals surface area (Å²) in [5.41, 5.74) is 0.811. The van der Waals surface area contributed by atoms with Crippen molar-refractivity contribution in [1.29, 1.82) is 0 Å². The smallest absolute Gasteiger partial charge is 0.134 e. The zero-order chi connectivity index (χ0) is 8.97. The van der Waals surface area contributed by atoms with E-state index < -0.39 is 0 Å². The van der Waals surface area contributed by atoms with Gasteiger partial charge in [0.1, 0.15) is 5.75 Å². The second kappa shape index (κ2) is 4.43.